The molecule has 3 aromatic rings. The molecule has 23 heavy (non-hydrogen) atoms. The standard InChI is InChI=1S/C19H18BrNO2/c1-2-10-22-19-16-11-15(20)12-21-17(16)8-9-18(19)23-13-14-6-4-3-5-7-14/h3-9,11-12H,2,10,13H2,1H3. The van der Waals surface area contributed by atoms with Gasteiger partial charge < -0.3 is 9.47 Å². The van der Waals surface area contributed by atoms with Gasteiger partial charge in [0.05, 0.1) is 12.1 Å². The van der Waals surface area contributed by atoms with Crippen LogP contribution in [0.2, 0.25) is 0 Å². The largest absolute Gasteiger partial charge is 0.489 e. The van der Waals surface area contributed by atoms with Gasteiger partial charge in [-0.25, -0.2) is 0 Å². The van der Waals surface area contributed by atoms with Crippen LogP contribution < -0.4 is 9.47 Å². The lowest BCUT2D eigenvalue weighted by molar-refractivity contribution is 0.264. The highest BCUT2D eigenvalue weighted by atomic mass is 79.9. The van der Waals surface area contributed by atoms with E-state index in [-0.39, 0.29) is 0 Å². The van der Waals surface area contributed by atoms with Gasteiger partial charge in [0.1, 0.15) is 6.61 Å². The van der Waals surface area contributed by atoms with Crippen molar-refractivity contribution < 1.29 is 9.47 Å². The summed E-state index contributed by atoms with van der Waals surface area (Å²) in [5.41, 5.74) is 2.02. The fraction of sp³-hybridized carbons (Fsp3) is 0.211. The number of aromatic nitrogens is 1. The molecule has 0 unspecified atom stereocenters. The number of halogens is 1. The molecule has 0 aliphatic carbocycles. The van der Waals surface area contributed by atoms with Gasteiger partial charge in [-0.1, -0.05) is 37.3 Å². The molecule has 0 bridgehead atoms. The lowest BCUT2D eigenvalue weighted by Crippen LogP contribution is -2.02. The maximum absolute atomic E-state index is 6.00. The molecule has 0 atom stereocenters. The minimum absolute atomic E-state index is 0.510. The van der Waals surface area contributed by atoms with Crippen LogP contribution in [0.1, 0.15) is 18.9 Å². The third-order valence-electron chi connectivity index (χ3n) is 3.43. The van der Waals surface area contributed by atoms with Crippen molar-refractivity contribution >= 4 is 26.8 Å². The van der Waals surface area contributed by atoms with E-state index in [9.17, 15) is 0 Å². The van der Waals surface area contributed by atoms with Crippen molar-refractivity contribution in [1.29, 1.82) is 0 Å². The normalized spacial score (nSPS) is 10.7. The second-order valence-corrected chi connectivity index (χ2v) is 6.15. The molecule has 0 N–H and O–H groups in total. The number of rotatable bonds is 6. The van der Waals surface area contributed by atoms with Crippen molar-refractivity contribution in [2.45, 2.75) is 20.0 Å². The monoisotopic (exact) mass is 371 g/mol. The van der Waals surface area contributed by atoms with Crippen LogP contribution in [0.3, 0.4) is 0 Å². The van der Waals surface area contributed by atoms with Crippen molar-refractivity contribution in [2.75, 3.05) is 6.61 Å². The van der Waals surface area contributed by atoms with E-state index in [0.717, 1.165) is 38.9 Å². The lowest BCUT2D eigenvalue weighted by atomic mass is 10.2. The van der Waals surface area contributed by atoms with Crippen molar-refractivity contribution in [3.05, 3.63) is 64.8 Å². The molecule has 118 valence electrons. The van der Waals surface area contributed by atoms with Gasteiger partial charge in [-0.3, -0.25) is 4.98 Å². The number of hydrogen-bond donors (Lipinski definition) is 0. The van der Waals surface area contributed by atoms with E-state index in [1.54, 1.807) is 6.20 Å². The Morgan fingerprint density at radius 1 is 1.04 bits per heavy atom. The summed E-state index contributed by atoms with van der Waals surface area (Å²) in [5, 5.41) is 0.957. The van der Waals surface area contributed by atoms with Crippen molar-refractivity contribution in [2.24, 2.45) is 0 Å². The fourth-order valence-electron chi connectivity index (χ4n) is 2.33. The van der Waals surface area contributed by atoms with E-state index in [0.29, 0.717) is 13.2 Å². The van der Waals surface area contributed by atoms with Gasteiger partial charge in [0.25, 0.3) is 0 Å². The molecule has 0 spiro atoms. The highest BCUT2D eigenvalue weighted by Crippen LogP contribution is 2.36. The summed E-state index contributed by atoms with van der Waals surface area (Å²) in [4.78, 5) is 4.43. The number of nitrogens with zero attached hydrogens (tertiary/aromatic N) is 1. The van der Waals surface area contributed by atoms with Crippen molar-refractivity contribution in [3.8, 4) is 11.5 Å². The predicted molar refractivity (Wildman–Crippen MR) is 96.0 cm³/mol. The predicted octanol–water partition coefficient (Wildman–Crippen LogP) is 5.37. The van der Waals surface area contributed by atoms with Crippen LogP contribution in [-0.2, 0) is 6.61 Å². The molecule has 0 radical (unpaired) electrons. The number of benzene rings is 2. The first-order chi connectivity index (χ1) is 11.3. The SMILES string of the molecule is CCCOc1c(OCc2ccccc2)ccc2ncc(Br)cc12. The average Bonchev–Trinajstić information content (AvgIpc) is 2.59. The summed E-state index contributed by atoms with van der Waals surface area (Å²) >= 11 is 3.48. The van der Waals surface area contributed by atoms with Crippen LogP contribution >= 0.6 is 15.9 Å². The van der Waals surface area contributed by atoms with Gasteiger partial charge in [-0.2, -0.15) is 0 Å². The molecule has 4 heteroatoms. The van der Waals surface area contributed by atoms with Gasteiger partial charge in [0, 0.05) is 16.1 Å². The quantitative estimate of drug-likeness (QED) is 0.583. The maximum atomic E-state index is 6.00. The smallest absolute Gasteiger partial charge is 0.170 e. The van der Waals surface area contributed by atoms with Gasteiger partial charge >= 0.3 is 0 Å². The maximum Gasteiger partial charge on any atom is 0.170 e. The molecule has 0 amide bonds. The van der Waals surface area contributed by atoms with Crippen LogP contribution in [0.15, 0.2) is 59.2 Å². The van der Waals surface area contributed by atoms with E-state index < -0.39 is 0 Å². The van der Waals surface area contributed by atoms with Crippen LogP contribution in [0.25, 0.3) is 10.9 Å². The van der Waals surface area contributed by atoms with Crippen molar-refractivity contribution in [1.82, 2.24) is 4.98 Å². The van der Waals surface area contributed by atoms with Gasteiger partial charge in [0.2, 0.25) is 0 Å². The molecule has 0 aliphatic rings. The zero-order valence-electron chi connectivity index (χ0n) is 13.0. The van der Waals surface area contributed by atoms with Crippen LogP contribution in [0, 0.1) is 0 Å². The molecule has 1 heterocycles. The average molecular weight is 372 g/mol. The van der Waals surface area contributed by atoms with Crippen molar-refractivity contribution in [3.63, 3.8) is 0 Å². The topological polar surface area (TPSA) is 31.4 Å². The highest BCUT2D eigenvalue weighted by molar-refractivity contribution is 9.10. The number of ether oxygens (including phenoxy) is 2. The van der Waals surface area contributed by atoms with Gasteiger partial charge in [-0.05, 0) is 46.1 Å². The van der Waals surface area contributed by atoms with E-state index in [2.05, 4.69) is 27.8 Å². The van der Waals surface area contributed by atoms with Gasteiger partial charge in [0.15, 0.2) is 11.5 Å². The molecule has 0 saturated heterocycles. The van der Waals surface area contributed by atoms with Crippen LogP contribution in [0.4, 0.5) is 0 Å². The molecule has 1 aromatic heterocycles. The Bertz CT molecular complexity index is 790. The Morgan fingerprint density at radius 3 is 2.65 bits per heavy atom. The zero-order chi connectivity index (χ0) is 16.1. The summed E-state index contributed by atoms with van der Waals surface area (Å²) in [5.74, 6) is 1.50. The molecular weight excluding hydrogens is 354 g/mol. The minimum atomic E-state index is 0.510. The Hall–Kier alpha value is -2.07. The lowest BCUT2D eigenvalue weighted by Gasteiger charge is -2.15. The number of fused-ring (bicyclic) bond motifs is 1. The zero-order valence-corrected chi connectivity index (χ0v) is 14.5. The Labute approximate surface area is 144 Å². The third kappa shape index (κ3) is 3.82. The Balaban J connectivity index is 1.94. The fourth-order valence-corrected chi connectivity index (χ4v) is 2.66. The van der Waals surface area contributed by atoms with E-state index in [1.807, 2.05) is 48.5 Å². The summed E-state index contributed by atoms with van der Waals surface area (Å²) in [6.07, 6.45) is 2.73. The summed E-state index contributed by atoms with van der Waals surface area (Å²) < 4.78 is 12.9. The first-order valence-corrected chi connectivity index (χ1v) is 8.45. The third-order valence-corrected chi connectivity index (χ3v) is 3.87. The molecule has 0 fully saturated rings. The highest BCUT2D eigenvalue weighted by Gasteiger charge is 2.12. The van der Waals surface area contributed by atoms with E-state index in [4.69, 9.17) is 9.47 Å². The molecule has 0 aliphatic heterocycles. The second kappa shape index (κ2) is 7.47. The summed E-state index contributed by atoms with van der Waals surface area (Å²) in [6.45, 7) is 3.24. The second-order valence-electron chi connectivity index (χ2n) is 5.24. The van der Waals surface area contributed by atoms with E-state index >= 15 is 0 Å². The first-order valence-electron chi connectivity index (χ1n) is 7.65. The summed E-state index contributed by atoms with van der Waals surface area (Å²) in [7, 11) is 0. The Kier molecular flexibility index (Phi) is 5.13. The molecule has 3 nitrogen and oxygen atoms in total. The van der Waals surface area contributed by atoms with E-state index in [1.165, 1.54) is 0 Å². The minimum Gasteiger partial charge on any atom is -0.489 e. The Morgan fingerprint density at radius 2 is 1.87 bits per heavy atom. The number of pyridine rings is 1. The van der Waals surface area contributed by atoms with Crippen LogP contribution in [0.5, 0.6) is 11.5 Å². The van der Waals surface area contributed by atoms with Crippen LogP contribution in [-0.4, -0.2) is 11.6 Å². The molecule has 3 rings (SSSR count). The molecule has 2 aromatic carbocycles. The summed E-state index contributed by atoms with van der Waals surface area (Å²) in [6, 6.07) is 16.0. The van der Waals surface area contributed by atoms with Gasteiger partial charge in [-0.15, -0.1) is 0 Å². The molecule has 0 saturated carbocycles. The number of hydrogen-bond acceptors (Lipinski definition) is 3. The molecular formula is C19H18BrNO2. The first kappa shape index (κ1) is 15.8.